The lowest BCUT2D eigenvalue weighted by Crippen LogP contribution is -2.10. The van der Waals surface area contributed by atoms with E-state index in [1.54, 1.807) is 0 Å². The molecular weight excluding hydrogens is 144 g/mol. The monoisotopic (exact) mass is 152 g/mol. The third-order valence-corrected chi connectivity index (χ3v) is 1.91. The molecule has 0 bridgehead atoms. The van der Waals surface area contributed by atoms with E-state index in [2.05, 4.69) is 0 Å². The molecule has 3 nitrogen and oxygen atoms in total. The lowest BCUT2D eigenvalue weighted by atomic mass is 10.5. The average molecular weight is 152 g/mol. The van der Waals surface area contributed by atoms with Gasteiger partial charge in [-0.05, 0) is 11.0 Å². The minimum atomic E-state index is -0.272. The molecule has 4 N–H and O–H groups in total. The van der Waals surface area contributed by atoms with E-state index >= 15 is 0 Å². The summed E-state index contributed by atoms with van der Waals surface area (Å²) in [5, 5.41) is 5.04. The Balaban J connectivity index is 2.82. The van der Waals surface area contributed by atoms with Gasteiger partial charge in [0.15, 0.2) is 0 Å². The zero-order valence-corrected chi connectivity index (χ0v) is 5.93. The fourth-order valence-corrected chi connectivity index (χ4v) is 1.11. The summed E-state index contributed by atoms with van der Waals surface area (Å²) in [7, 11) is 2.58. The van der Waals surface area contributed by atoms with Crippen LogP contribution in [-0.4, -0.2) is 11.7 Å². The Morgan fingerprint density at radius 3 is 2.62 bits per heavy atom. The first-order valence-electron chi connectivity index (χ1n) is 2.04. The van der Waals surface area contributed by atoms with Crippen molar-refractivity contribution in [2.45, 2.75) is 6.42 Å². The number of primary amides is 1. The predicted molar refractivity (Wildman–Crippen MR) is 38.0 cm³/mol. The van der Waals surface area contributed by atoms with Crippen LogP contribution in [0.2, 0.25) is 0 Å². The quantitative estimate of drug-likeness (QED) is 0.341. The normalized spacial score (nSPS) is 9.12. The van der Waals surface area contributed by atoms with E-state index in [-0.39, 0.29) is 5.91 Å². The van der Waals surface area contributed by atoms with Crippen LogP contribution in [0.4, 0.5) is 0 Å². The van der Waals surface area contributed by atoms with Gasteiger partial charge in [0, 0.05) is 12.2 Å². The molecule has 0 spiro atoms. The van der Waals surface area contributed by atoms with Crippen LogP contribution in [0.25, 0.3) is 0 Å². The van der Waals surface area contributed by atoms with Gasteiger partial charge in [-0.1, -0.05) is 10.8 Å². The molecule has 0 radical (unpaired) electrons. The minimum Gasteiger partial charge on any atom is -0.370 e. The lowest BCUT2D eigenvalue weighted by molar-refractivity contribution is -0.117. The van der Waals surface area contributed by atoms with Gasteiger partial charge in [0.05, 0.1) is 0 Å². The first kappa shape index (κ1) is 8.13. The van der Waals surface area contributed by atoms with Gasteiger partial charge in [0.2, 0.25) is 5.91 Å². The van der Waals surface area contributed by atoms with Gasteiger partial charge in [0.25, 0.3) is 0 Å². The molecule has 0 rings (SSSR count). The number of amides is 1. The second-order valence-corrected chi connectivity index (χ2v) is 3.26. The highest BCUT2D eigenvalue weighted by atomic mass is 33.1. The van der Waals surface area contributed by atoms with E-state index in [1.807, 2.05) is 0 Å². The molecule has 0 aliphatic carbocycles. The molecule has 0 aliphatic heterocycles. The highest BCUT2D eigenvalue weighted by molar-refractivity contribution is 8.75. The Kier molecular flexibility index (Phi) is 5.36. The van der Waals surface area contributed by atoms with Gasteiger partial charge >= 0.3 is 0 Å². The van der Waals surface area contributed by atoms with E-state index in [0.717, 1.165) is 11.0 Å². The molecule has 0 saturated carbocycles. The van der Waals surface area contributed by atoms with Crippen LogP contribution in [0.15, 0.2) is 0 Å². The van der Waals surface area contributed by atoms with Gasteiger partial charge in [-0.15, -0.1) is 0 Å². The Morgan fingerprint density at radius 1 is 1.62 bits per heavy atom. The molecule has 0 saturated heterocycles. The molecule has 0 unspecified atom stereocenters. The zero-order chi connectivity index (χ0) is 6.41. The molecule has 0 aromatic heterocycles. The number of rotatable bonds is 4. The van der Waals surface area contributed by atoms with E-state index < -0.39 is 0 Å². The largest absolute Gasteiger partial charge is 0.370 e. The molecule has 0 fully saturated rings. The van der Waals surface area contributed by atoms with E-state index in [1.165, 1.54) is 10.8 Å². The standard InChI is InChI=1S/C3H8N2OS2/c4-3(6)1-2-7-8-5/h1-2,5H2,(H2,4,6). The summed E-state index contributed by atoms with van der Waals surface area (Å²) in [5.41, 5.74) is 4.83. The summed E-state index contributed by atoms with van der Waals surface area (Å²) in [4.78, 5) is 10.0. The highest BCUT2D eigenvalue weighted by Crippen LogP contribution is 2.13. The summed E-state index contributed by atoms with van der Waals surface area (Å²) < 4.78 is 0. The number of nitrogens with two attached hydrogens (primary N) is 2. The molecule has 0 aromatic carbocycles. The molecule has 8 heavy (non-hydrogen) atoms. The fraction of sp³-hybridized carbons (Fsp3) is 0.667. The van der Waals surface area contributed by atoms with Crippen LogP contribution in [0.5, 0.6) is 0 Å². The van der Waals surface area contributed by atoms with Crippen LogP contribution in [0, 0.1) is 0 Å². The number of carbonyl (C=O) groups is 1. The molecule has 0 aromatic rings. The van der Waals surface area contributed by atoms with Gasteiger partial charge in [0.1, 0.15) is 0 Å². The smallest absolute Gasteiger partial charge is 0.218 e. The van der Waals surface area contributed by atoms with Gasteiger partial charge in [-0.25, -0.2) is 0 Å². The van der Waals surface area contributed by atoms with Crippen molar-refractivity contribution in [3.05, 3.63) is 0 Å². The van der Waals surface area contributed by atoms with Crippen molar-refractivity contribution >= 4 is 27.7 Å². The lowest BCUT2D eigenvalue weighted by Gasteiger charge is -1.90. The van der Waals surface area contributed by atoms with Crippen molar-refractivity contribution in [2.24, 2.45) is 10.9 Å². The third kappa shape index (κ3) is 6.13. The zero-order valence-electron chi connectivity index (χ0n) is 4.29. The topological polar surface area (TPSA) is 69.1 Å². The Labute approximate surface area is 56.1 Å². The average Bonchev–Trinajstić information content (AvgIpc) is 1.66. The van der Waals surface area contributed by atoms with E-state index in [4.69, 9.17) is 10.9 Å². The van der Waals surface area contributed by atoms with Crippen molar-refractivity contribution < 1.29 is 4.79 Å². The predicted octanol–water partition coefficient (Wildman–Crippen LogP) is 0.117. The number of hydrogen-bond acceptors (Lipinski definition) is 4. The van der Waals surface area contributed by atoms with Crippen LogP contribution in [0.1, 0.15) is 6.42 Å². The van der Waals surface area contributed by atoms with Crippen LogP contribution in [-0.2, 0) is 4.79 Å². The van der Waals surface area contributed by atoms with Crippen molar-refractivity contribution in [3.63, 3.8) is 0 Å². The molecule has 48 valence electrons. The van der Waals surface area contributed by atoms with Gasteiger partial charge in [-0.3, -0.25) is 9.93 Å². The maximum atomic E-state index is 10.0. The first-order chi connectivity index (χ1) is 3.77. The summed E-state index contributed by atoms with van der Waals surface area (Å²) in [6, 6.07) is 0. The fourth-order valence-electron chi connectivity index (χ4n) is 0.190. The highest BCUT2D eigenvalue weighted by Gasteiger charge is 1.91. The Bertz CT molecular complexity index is 77.7. The molecular formula is C3H8N2OS2. The molecule has 0 aliphatic rings. The molecule has 0 heterocycles. The third-order valence-electron chi connectivity index (χ3n) is 0.500. The summed E-state index contributed by atoms with van der Waals surface area (Å²) in [6.07, 6.45) is 0.412. The summed E-state index contributed by atoms with van der Waals surface area (Å²) >= 11 is 0. The van der Waals surface area contributed by atoms with Crippen LogP contribution >= 0.6 is 21.8 Å². The molecule has 1 amide bonds. The SMILES string of the molecule is NSSCCC(N)=O. The maximum Gasteiger partial charge on any atom is 0.218 e. The Hall–Kier alpha value is 0.130. The van der Waals surface area contributed by atoms with Gasteiger partial charge in [-0.2, -0.15) is 0 Å². The van der Waals surface area contributed by atoms with Gasteiger partial charge < -0.3 is 5.73 Å². The second kappa shape index (κ2) is 5.27. The van der Waals surface area contributed by atoms with Crippen molar-refractivity contribution in [1.29, 1.82) is 0 Å². The summed E-state index contributed by atoms with van der Waals surface area (Å²) in [5.74, 6) is 0.433. The number of hydrogen-bond donors (Lipinski definition) is 2. The molecule has 5 heteroatoms. The second-order valence-electron chi connectivity index (χ2n) is 1.13. The van der Waals surface area contributed by atoms with Crippen LogP contribution in [0.3, 0.4) is 0 Å². The van der Waals surface area contributed by atoms with E-state index in [9.17, 15) is 4.79 Å². The van der Waals surface area contributed by atoms with E-state index in [0.29, 0.717) is 12.2 Å². The van der Waals surface area contributed by atoms with Crippen molar-refractivity contribution in [1.82, 2.24) is 0 Å². The maximum absolute atomic E-state index is 10.0. The Morgan fingerprint density at radius 2 is 2.25 bits per heavy atom. The van der Waals surface area contributed by atoms with Crippen molar-refractivity contribution in [3.8, 4) is 0 Å². The summed E-state index contributed by atoms with van der Waals surface area (Å²) in [6.45, 7) is 0. The minimum absolute atomic E-state index is 0.272. The first-order valence-corrected chi connectivity index (χ1v) is 4.42. The molecule has 0 atom stereocenters. The number of carbonyl (C=O) groups excluding carboxylic acids is 1. The van der Waals surface area contributed by atoms with Crippen molar-refractivity contribution in [2.75, 3.05) is 5.75 Å². The van der Waals surface area contributed by atoms with Crippen LogP contribution < -0.4 is 10.9 Å².